The highest BCUT2D eigenvalue weighted by molar-refractivity contribution is 7.92. The fourth-order valence-electron chi connectivity index (χ4n) is 4.33. The lowest BCUT2D eigenvalue weighted by molar-refractivity contribution is -0.140. The van der Waals surface area contributed by atoms with Crippen molar-refractivity contribution in [2.45, 2.75) is 64.6 Å². The number of carbonyl (C=O) groups excluding carboxylic acids is 2. The predicted octanol–water partition coefficient (Wildman–Crippen LogP) is 5.48. The Morgan fingerprint density at radius 2 is 1.59 bits per heavy atom. The van der Waals surface area contributed by atoms with E-state index < -0.39 is 28.5 Å². The highest BCUT2D eigenvalue weighted by atomic mass is 35.5. The van der Waals surface area contributed by atoms with Crippen LogP contribution in [-0.2, 0) is 26.2 Å². The number of rotatable bonds is 11. The van der Waals surface area contributed by atoms with E-state index in [-0.39, 0.29) is 23.4 Å². The van der Waals surface area contributed by atoms with Gasteiger partial charge in [-0.05, 0) is 75.1 Å². The maximum atomic E-state index is 14.1. The summed E-state index contributed by atoms with van der Waals surface area (Å²) < 4.78 is 29.0. The summed E-state index contributed by atoms with van der Waals surface area (Å²) in [7, 11) is -4.12. The zero-order valence-corrected chi connectivity index (χ0v) is 24.6. The third-order valence-electron chi connectivity index (χ3n) is 6.36. The standard InChI is InChI=1S/C30H36ClN3O4S/c1-6-27(30(36)32-21(2)3)33(19-24-12-10-11-15-26(24)31)29(35)20-34(28-18-22(4)16-17-23(28)5)39(37,38)25-13-8-7-9-14-25/h7-18,21,27H,6,19-20H2,1-5H3,(H,32,36)/t27-/m0/s1. The molecule has 0 saturated carbocycles. The minimum Gasteiger partial charge on any atom is -0.352 e. The Morgan fingerprint density at radius 1 is 0.949 bits per heavy atom. The van der Waals surface area contributed by atoms with Gasteiger partial charge in [-0.2, -0.15) is 0 Å². The summed E-state index contributed by atoms with van der Waals surface area (Å²) >= 11 is 6.43. The Balaban J connectivity index is 2.11. The maximum Gasteiger partial charge on any atom is 0.264 e. The summed E-state index contributed by atoms with van der Waals surface area (Å²) in [4.78, 5) is 28.8. The van der Waals surface area contributed by atoms with E-state index >= 15 is 0 Å². The van der Waals surface area contributed by atoms with Gasteiger partial charge in [0.1, 0.15) is 12.6 Å². The van der Waals surface area contributed by atoms with Crippen LogP contribution >= 0.6 is 11.6 Å². The van der Waals surface area contributed by atoms with Crippen molar-refractivity contribution in [2.24, 2.45) is 0 Å². The van der Waals surface area contributed by atoms with E-state index in [4.69, 9.17) is 11.6 Å². The molecule has 0 unspecified atom stereocenters. The van der Waals surface area contributed by atoms with Crippen LogP contribution in [-0.4, -0.2) is 43.8 Å². The first kappa shape index (κ1) is 30.2. The molecule has 39 heavy (non-hydrogen) atoms. The number of sulfonamides is 1. The van der Waals surface area contributed by atoms with Crippen molar-refractivity contribution >= 4 is 39.1 Å². The van der Waals surface area contributed by atoms with E-state index in [1.807, 2.05) is 39.8 Å². The minimum atomic E-state index is -4.12. The molecular formula is C30H36ClN3O4S. The molecule has 0 saturated heterocycles. The molecule has 208 valence electrons. The SMILES string of the molecule is CC[C@@H](C(=O)NC(C)C)N(Cc1ccccc1Cl)C(=O)CN(c1cc(C)ccc1C)S(=O)(=O)c1ccccc1. The van der Waals surface area contributed by atoms with Gasteiger partial charge in [0.2, 0.25) is 11.8 Å². The first-order chi connectivity index (χ1) is 18.4. The molecule has 0 aliphatic heterocycles. The van der Waals surface area contributed by atoms with Crippen molar-refractivity contribution in [3.05, 3.63) is 94.5 Å². The number of halogens is 1. The second-order valence-corrected chi connectivity index (χ2v) is 12.1. The van der Waals surface area contributed by atoms with E-state index in [0.29, 0.717) is 28.3 Å². The van der Waals surface area contributed by atoms with Crippen molar-refractivity contribution < 1.29 is 18.0 Å². The van der Waals surface area contributed by atoms with Crippen molar-refractivity contribution in [1.82, 2.24) is 10.2 Å². The molecule has 7 nitrogen and oxygen atoms in total. The molecule has 2 amide bonds. The average molecular weight is 570 g/mol. The molecule has 0 fully saturated rings. The van der Waals surface area contributed by atoms with Crippen LogP contribution in [0.5, 0.6) is 0 Å². The Morgan fingerprint density at radius 3 is 2.21 bits per heavy atom. The normalized spacial score (nSPS) is 12.2. The van der Waals surface area contributed by atoms with Crippen LogP contribution in [0, 0.1) is 13.8 Å². The van der Waals surface area contributed by atoms with Gasteiger partial charge in [0.25, 0.3) is 10.0 Å². The van der Waals surface area contributed by atoms with Crippen molar-refractivity contribution in [1.29, 1.82) is 0 Å². The Labute approximate surface area is 236 Å². The number of nitrogens with zero attached hydrogens (tertiary/aromatic N) is 2. The van der Waals surface area contributed by atoms with Crippen LogP contribution < -0.4 is 9.62 Å². The fourth-order valence-corrected chi connectivity index (χ4v) is 6.02. The number of nitrogens with one attached hydrogen (secondary N) is 1. The number of anilines is 1. The van der Waals surface area contributed by atoms with Gasteiger partial charge in [0, 0.05) is 17.6 Å². The van der Waals surface area contributed by atoms with Crippen molar-refractivity contribution in [2.75, 3.05) is 10.8 Å². The number of hydrogen-bond acceptors (Lipinski definition) is 4. The second-order valence-electron chi connectivity index (χ2n) is 9.82. The van der Waals surface area contributed by atoms with Crippen molar-refractivity contribution in [3.8, 4) is 0 Å². The first-order valence-corrected chi connectivity index (χ1v) is 14.8. The van der Waals surface area contributed by atoms with E-state index in [1.54, 1.807) is 55.5 Å². The molecule has 0 aromatic heterocycles. The Kier molecular flexibility index (Phi) is 10.2. The van der Waals surface area contributed by atoms with Gasteiger partial charge in [-0.15, -0.1) is 0 Å². The molecule has 3 rings (SSSR count). The molecule has 3 aromatic carbocycles. The summed E-state index contributed by atoms with van der Waals surface area (Å²) in [5.74, 6) is -0.821. The molecule has 9 heteroatoms. The Bertz CT molecular complexity index is 1410. The molecule has 1 N–H and O–H groups in total. The first-order valence-electron chi connectivity index (χ1n) is 12.9. The van der Waals surface area contributed by atoms with Crippen LogP contribution in [0.2, 0.25) is 5.02 Å². The third-order valence-corrected chi connectivity index (χ3v) is 8.50. The zero-order valence-electron chi connectivity index (χ0n) is 23.0. The molecule has 0 bridgehead atoms. The van der Waals surface area contributed by atoms with Gasteiger partial charge >= 0.3 is 0 Å². The molecule has 0 aliphatic rings. The van der Waals surface area contributed by atoms with E-state index in [1.165, 1.54) is 17.0 Å². The lowest BCUT2D eigenvalue weighted by atomic mass is 10.1. The quantitative estimate of drug-likeness (QED) is 0.331. The highest BCUT2D eigenvalue weighted by Gasteiger charge is 2.34. The van der Waals surface area contributed by atoms with Crippen LogP contribution in [0.4, 0.5) is 5.69 Å². The van der Waals surface area contributed by atoms with Gasteiger partial charge in [0.05, 0.1) is 10.6 Å². The van der Waals surface area contributed by atoms with Gasteiger partial charge < -0.3 is 10.2 Å². The molecule has 0 spiro atoms. The summed E-state index contributed by atoms with van der Waals surface area (Å²) in [5.41, 5.74) is 2.62. The fraction of sp³-hybridized carbons (Fsp3) is 0.333. The van der Waals surface area contributed by atoms with Gasteiger partial charge in [-0.1, -0.05) is 67.1 Å². The van der Waals surface area contributed by atoms with Gasteiger partial charge in [0.15, 0.2) is 0 Å². The smallest absolute Gasteiger partial charge is 0.264 e. The lowest BCUT2D eigenvalue weighted by Crippen LogP contribution is -2.53. The van der Waals surface area contributed by atoms with Crippen LogP contribution in [0.3, 0.4) is 0 Å². The predicted molar refractivity (Wildman–Crippen MR) is 156 cm³/mol. The minimum absolute atomic E-state index is 0.0502. The van der Waals surface area contributed by atoms with Crippen LogP contribution in [0.15, 0.2) is 77.7 Å². The monoisotopic (exact) mass is 569 g/mol. The van der Waals surface area contributed by atoms with Crippen LogP contribution in [0.25, 0.3) is 0 Å². The molecule has 0 radical (unpaired) electrons. The molecule has 3 aromatic rings. The zero-order chi connectivity index (χ0) is 28.7. The van der Waals surface area contributed by atoms with Crippen molar-refractivity contribution in [3.63, 3.8) is 0 Å². The second kappa shape index (κ2) is 13.1. The van der Waals surface area contributed by atoms with E-state index in [9.17, 15) is 18.0 Å². The number of benzene rings is 3. The largest absolute Gasteiger partial charge is 0.352 e. The molecule has 0 aliphatic carbocycles. The van der Waals surface area contributed by atoms with E-state index in [2.05, 4.69) is 5.32 Å². The summed E-state index contributed by atoms with van der Waals surface area (Å²) in [5, 5.41) is 3.35. The lowest BCUT2D eigenvalue weighted by Gasteiger charge is -2.34. The number of hydrogen-bond donors (Lipinski definition) is 1. The third kappa shape index (κ3) is 7.40. The van der Waals surface area contributed by atoms with Gasteiger partial charge in [-0.25, -0.2) is 8.42 Å². The highest BCUT2D eigenvalue weighted by Crippen LogP contribution is 2.29. The number of aryl methyl sites for hydroxylation is 2. The van der Waals surface area contributed by atoms with Gasteiger partial charge in [-0.3, -0.25) is 13.9 Å². The maximum absolute atomic E-state index is 14.1. The number of carbonyl (C=O) groups is 2. The molecule has 0 heterocycles. The topological polar surface area (TPSA) is 86.8 Å². The summed E-state index contributed by atoms with van der Waals surface area (Å²) in [6, 6.07) is 19.6. The average Bonchev–Trinajstić information content (AvgIpc) is 2.89. The summed E-state index contributed by atoms with van der Waals surface area (Å²) in [6.07, 6.45) is 0.337. The molecular weight excluding hydrogens is 534 g/mol. The summed E-state index contributed by atoms with van der Waals surface area (Å²) in [6.45, 7) is 8.75. The Hall–Kier alpha value is -3.36. The number of amides is 2. The van der Waals surface area contributed by atoms with Crippen LogP contribution in [0.1, 0.15) is 43.9 Å². The molecule has 1 atom stereocenters. The van der Waals surface area contributed by atoms with E-state index in [0.717, 1.165) is 9.87 Å².